The number of carbonyl (C=O) groups excluding carboxylic acids is 1. The second-order valence-corrected chi connectivity index (χ2v) is 6.86. The van der Waals surface area contributed by atoms with Crippen LogP contribution in [0.5, 0.6) is 0 Å². The lowest BCUT2D eigenvalue weighted by Crippen LogP contribution is -2.35. The molecule has 1 N–H and O–H groups in total. The van der Waals surface area contributed by atoms with E-state index in [0.29, 0.717) is 11.5 Å². The average molecular weight is 374 g/mol. The molecule has 0 radical (unpaired) electrons. The second-order valence-electron chi connectivity index (χ2n) is 6.86. The molecule has 1 aliphatic heterocycles. The Balaban J connectivity index is 1.49. The van der Waals surface area contributed by atoms with Crippen LogP contribution in [0.2, 0.25) is 0 Å². The molecule has 4 rings (SSSR count). The fourth-order valence-electron chi connectivity index (χ4n) is 3.47. The van der Waals surface area contributed by atoms with E-state index in [1.165, 1.54) is 0 Å². The first-order valence-corrected chi connectivity index (χ1v) is 9.43. The van der Waals surface area contributed by atoms with Gasteiger partial charge in [0.15, 0.2) is 0 Å². The molecule has 3 aromatic heterocycles. The SMILES string of the molecule is Cc1nccc(N2CCC[C@@H](c3cccc(C(=O)Nc4ccccn4)n3)C2)n1. The molecule has 0 spiro atoms. The van der Waals surface area contributed by atoms with Crippen LogP contribution >= 0.6 is 0 Å². The van der Waals surface area contributed by atoms with Crippen molar-refractivity contribution in [1.29, 1.82) is 0 Å². The van der Waals surface area contributed by atoms with Crippen molar-refractivity contribution in [2.24, 2.45) is 0 Å². The fourth-order valence-corrected chi connectivity index (χ4v) is 3.47. The summed E-state index contributed by atoms with van der Waals surface area (Å²) in [6, 6.07) is 13.0. The minimum atomic E-state index is -0.250. The highest BCUT2D eigenvalue weighted by atomic mass is 16.1. The summed E-state index contributed by atoms with van der Waals surface area (Å²) in [5, 5.41) is 2.79. The summed E-state index contributed by atoms with van der Waals surface area (Å²) in [5.41, 5.74) is 1.34. The van der Waals surface area contributed by atoms with Crippen molar-refractivity contribution in [2.75, 3.05) is 23.3 Å². The maximum Gasteiger partial charge on any atom is 0.275 e. The second kappa shape index (κ2) is 8.12. The normalized spacial score (nSPS) is 16.6. The summed E-state index contributed by atoms with van der Waals surface area (Å²) in [6.07, 6.45) is 5.53. The molecular weight excluding hydrogens is 352 g/mol. The number of nitrogens with one attached hydrogen (secondary N) is 1. The Kier molecular flexibility index (Phi) is 5.23. The van der Waals surface area contributed by atoms with Crippen LogP contribution in [-0.4, -0.2) is 38.9 Å². The van der Waals surface area contributed by atoms with Crippen LogP contribution in [0, 0.1) is 6.92 Å². The number of hydrogen-bond donors (Lipinski definition) is 1. The number of anilines is 2. The highest BCUT2D eigenvalue weighted by Gasteiger charge is 2.24. The van der Waals surface area contributed by atoms with Gasteiger partial charge in [0.05, 0.1) is 0 Å². The fraction of sp³-hybridized carbons (Fsp3) is 0.286. The lowest BCUT2D eigenvalue weighted by Gasteiger charge is -2.33. The van der Waals surface area contributed by atoms with Crippen LogP contribution < -0.4 is 10.2 Å². The van der Waals surface area contributed by atoms with Crippen LogP contribution in [0.1, 0.15) is 40.8 Å². The maximum atomic E-state index is 12.5. The molecule has 7 nitrogen and oxygen atoms in total. The minimum absolute atomic E-state index is 0.250. The number of amides is 1. The largest absolute Gasteiger partial charge is 0.356 e. The molecule has 1 fully saturated rings. The molecule has 0 saturated carbocycles. The molecule has 0 aliphatic carbocycles. The van der Waals surface area contributed by atoms with Gasteiger partial charge in [-0.3, -0.25) is 4.79 Å². The molecule has 1 amide bonds. The number of carbonyl (C=O) groups is 1. The van der Waals surface area contributed by atoms with E-state index in [0.717, 1.165) is 43.3 Å². The summed E-state index contributed by atoms with van der Waals surface area (Å²) < 4.78 is 0. The lowest BCUT2D eigenvalue weighted by atomic mass is 9.94. The number of pyridine rings is 2. The van der Waals surface area contributed by atoms with E-state index in [9.17, 15) is 4.79 Å². The summed E-state index contributed by atoms with van der Waals surface area (Å²) in [7, 11) is 0. The first-order valence-electron chi connectivity index (χ1n) is 9.43. The smallest absolute Gasteiger partial charge is 0.275 e. The highest BCUT2D eigenvalue weighted by Crippen LogP contribution is 2.28. The van der Waals surface area contributed by atoms with E-state index in [-0.39, 0.29) is 11.8 Å². The molecule has 4 heterocycles. The zero-order chi connectivity index (χ0) is 19.3. The standard InChI is InChI=1S/C21H22N6O/c1-15-22-12-10-20(24-15)27-13-5-6-16(14-27)17-7-4-8-18(25-17)21(28)26-19-9-2-3-11-23-19/h2-4,7-12,16H,5-6,13-14H2,1H3,(H,23,26,28)/t16-/m1/s1. The van der Waals surface area contributed by atoms with Crippen LogP contribution in [0.4, 0.5) is 11.6 Å². The number of piperidine rings is 1. The molecule has 28 heavy (non-hydrogen) atoms. The van der Waals surface area contributed by atoms with Crippen molar-refractivity contribution >= 4 is 17.5 Å². The van der Waals surface area contributed by atoms with Crippen molar-refractivity contribution < 1.29 is 4.79 Å². The van der Waals surface area contributed by atoms with E-state index in [4.69, 9.17) is 0 Å². The Morgan fingerprint density at radius 3 is 2.82 bits per heavy atom. The summed E-state index contributed by atoms with van der Waals surface area (Å²) in [4.78, 5) is 32.3. The Bertz CT molecular complexity index is 962. The van der Waals surface area contributed by atoms with Crippen molar-refractivity contribution in [3.63, 3.8) is 0 Å². The van der Waals surface area contributed by atoms with Crippen molar-refractivity contribution in [2.45, 2.75) is 25.7 Å². The zero-order valence-electron chi connectivity index (χ0n) is 15.7. The molecule has 1 aliphatic rings. The van der Waals surface area contributed by atoms with Gasteiger partial charge >= 0.3 is 0 Å². The van der Waals surface area contributed by atoms with Gasteiger partial charge in [0.1, 0.15) is 23.2 Å². The molecular formula is C21H22N6O. The van der Waals surface area contributed by atoms with Crippen LogP contribution in [0.15, 0.2) is 54.9 Å². The summed E-state index contributed by atoms with van der Waals surface area (Å²) in [6.45, 7) is 3.69. The zero-order valence-corrected chi connectivity index (χ0v) is 15.7. The first kappa shape index (κ1) is 18.0. The van der Waals surface area contributed by atoms with Gasteiger partial charge in [0.25, 0.3) is 5.91 Å². The summed E-state index contributed by atoms with van der Waals surface area (Å²) in [5.74, 6) is 2.24. The van der Waals surface area contributed by atoms with Crippen molar-refractivity contribution in [3.05, 3.63) is 72.1 Å². The summed E-state index contributed by atoms with van der Waals surface area (Å²) >= 11 is 0. The molecule has 0 unspecified atom stereocenters. The monoisotopic (exact) mass is 374 g/mol. The topological polar surface area (TPSA) is 83.9 Å². The highest BCUT2D eigenvalue weighted by molar-refractivity contribution is 6.02. The van der Waals surface area contributed by atoms with Crippen LogP contribution in [0.25, 0.3) is 0 Å². The maximum absolute atomic E-state index is 12.5. The Hall–Kier alpha value is -3.35. The van der Waals surface area contributed by atoms with Crippen LogP contribution in [-0.2, 0) is 0 Å². The predicted octanol–water partition coefficient (Wildman–Crippen LogP) is 3.21. The molecule has 0 aromatic carbocycles. The Labute approximate surface area is 163 Å². The van der Waals surface area contributed by atoms with Gasteiger partial charge in [0, 0.05) is 37.1 Å². The van der Waals surface area contributed by atoms with E-state index in [2.05, 4.69) is 30.2 Å². The molecule has 142 valence electrons. The van der Waals surface area contributed by atoms with Gasteiger partial charge in [-0.2, -0.15) is 0 Å². The number of aromatic nitrogens is 4. The molecule has 3 aromatic rings. The Morgan fingerprint density at radius 1 is 1.07 bits per heavy atom. The van der Waals surface area contributed by atoms with E-state index in [1.807, 2.05) is 37.3 Å². The van der Waals surface area contributed by atoms with E-state index >= 15 is 0 Å². The Morgan fingerprint density at radius 2 is 2.00 bits per heavy atom. The minimum Gasteiger partial charge on any atom is -0.356 e. The van der Waals surface area contributed by atoms with Crippen molar-refractivity contribution in [1.82, 2.24) is 19.9 Å². The van der Waals surface area contributed by atoms with E-state index in [1.54, 1.807) is 24.5 Å². The van der Waals surface area contributed by atoms with Gasteiger partial charge in [0.2, 0.25) is 0 Å². The van der Waals surface area contributed by atoms with Gasteiger partial charge < -0.3 is 10.2 Å². The quantitative estimate of drug-likeness (QED) is 0.755. The van der Waals surface area contributed by atoms with E-state index < -0.39 is 0 Å². The van der Waals surface area contributed by atoms with Gasteiger partial charge in [-0.25, -0.2) is 19.9 Å². The number of rotatable bonds is 4. The molecule has 7 heteroatoms. The number of aryl methyl sites for hydroxylation is 1. The first-order chi connectivity index (χ1) is 13.7. The third kappa shape index (κ3) is 4.14. The third-order valence-corrected chi connectivity index (χ3v) is 4.83. The van der Waals surface area contributed by atoms with Gasteiger partial charge in [-0.15, -0.1) is 0 Å². The lowest BCUT2D eigenvalue weighted by molar-refractivity contribution is 0.102. The van der Waals surface area contributed by atoms with Crippen LogP contribution in [0.3, 0.4) is 0 Å². The molecule has 1 atom stereocenters. The van der Waals surface area contributed by atoms with Crippen molar-refractivity contribution in [3.8, 4) is 0 Å². The number of hydrogen-bond acceptors (Lipinski definition) is 6. The molecule has 0 bridgehead atoms. The average Bonchev–Trinajstić information content (AvgIpc) is 2.75. The van der Waals surface area contributed by atoms with Gasteiger partial charge in [-0.1, -0.05) is 12.1 Å². The van der Waals surface area contributed by atoms with Gasteiger partial charge in [-0.05, 0) is 50.1 Å². The molecule has 1 saturated heterocycles. The predicted molar refractivity (Wildman–Crippen MR) is 107 cm³/mol. The third-order valence-electron chi connectivity index (χ3n) is 4.83. The number of nitrogens with zero attached hydrogens (tertiary/aromatic N) is 5.